The van der Waals surface area contributed by atoms with Crippen LogP contribution in [0.4, 0.5) is 0 Å². The van der Waals surface area contributed by atoms with Gasteiger partial charge in [-0.2, -0.15) is 0 Å². The van der Waals surface area contributed by atoms with E-state index in [1.807, 2.05) is 0 Å². The highest BCUT2D eigenvalue weighted by Gasteiger charge is 2.17. The van der Waals surface area contributed by atoms with Crippen molar-refractivity contribution in [1.29, 1.82) is 0 Å². The minimum atomic E-state index is -0.877. The standard InChI is InChI=1S/C8H13O4/c1-5(2)11-8(10)6(3)12-7(4)9/h5-6H,4H2,1-3H3. The molecule has 0 amide bonds. The van der Waals surface area contributed by atoms with Crippen LogP contribution in [-0.4, -0.2) is 24.1 Å². The first kappa shape index (κ1) is 10.9. The number of rotatable bonds is 3. The normalized spacial score (nSPS) is 12.4. The van der Waals surface area contributed by atoms with E-state index in [0.717, 1.165) is 0 Å². The predicted octanol–water partition coefficient (Wildman–Crippen LogP) is 0.704. The van der Waals surface area contributed by atoms with Crippen molar-refractivity contribution >= 4 is 11.9 Å². The molecule has 0 saturated carbocycles. The van der Waals surface area contributed by atoms with Crippen LogP contribution in [0.1, 0.15) is 20.8 Å². The summed E-state index contributed by atoms with van der Waals surface area (Å²) in [5.74, 6) is -1.29. The van der Waals surface area contributed by atoms with Crippen LogP contribution in [0, 0.1) is 6.92 Å². The van der Waals surface area contributed by atoms with Gasteiger partial charge in [0.25, 0.3) is 0 Å². The number of carbonyl (C=O) groups is 2. The monoisotopic (exact) mass is 173 g/mol. The quantitative estimate of drug-likeness (QED) is 0.589. The summed E-state index contributed by atoms with van der Waals surface area (Å²) in [4.78, 5) is 21.3. The van der Waals surface area contributed by atoms with E-state index in [0.29, 0.717) is 0 Å². The Morgan fingerprint density at radius 3 is 2.00 bits per heavy atom. The van der Waals surface area contributed by atoms with Crippen molar-refractivity contribution in [3.63, 3.8) is 0 Å². The van der Waals surface area contributed by atoms with Crippen LogP contribution in [-0.2, 0) is 19.1 Å². The first-order valence-electron chi connectivity index (χ1n) is 3.66. The summed E-state index contributed by atoms with van der Waals surface area (Å²) < 4.78 is 9.26. The lowest BCUT2D eigenvalue weighted by Crippen LogP contribution is -2.27. The molecule has 4 heteroatoms. The Bertz CT molecular complexity index is 174. The lowest BCUT2D eigenvalue weighted by Gasteiger charge is -2.13. The van der Waals surface area contributed by atoms with Crippen molar-refractivity contribution in [1.82, 2.24) is 0 Å². The Morgan fingerprint density at radius 1 is 1.17 bits per heavy atom. The van der Waals surface area contributed by atoms with Crippen LogP contribution in [0.15, 0.2) is 0 Å². The Labute approximate surface area is 71.8 Å². The largest absolute Gasteiger partial charge is 0.460 e. The van der Waals surface area contributed by atoms with Gasteiger partial charge in [-0.3, -0.25) is 4.79 Å². The van der Waals surface area contributed by atoms with Crippen molar-refractivity contribution in [2.24, 2.45) is 0 Å². The van der Waals surface area contributed by atoms with E-state index >= 15 is 0 Å². The Kier molecular flexibility index (Phi) is 4.33. The zero-order valence-corrected chi connectivity index (χ0v) is 7.49. The van der Waals surface area contributed by atoms with Crippen molar-refractivity contribution in [3.05, 3.63) is 6.92 Å². The van der Waals surface area contributed by atoms with Gasteiger partial charge in [-0.05, 0) is 20.8 Å². The molecule has 0 fully saturated rings. The van der Waals surface area contributed by atoms with Gasteiger partial charge in [0.15, 0.2) is 6.10 Å². The maximum absolute atomic E-state index is 11.0. The summed E-state index contributed by atoms with van der Waals surface area (Å²) in [6.07, 6.45) is -1.08. The first-order valence-corrected chi connectivity index (χ1v) is 3.66. The van der Waals surface area contributed by atoms with Gasteiger partial charge in [0, 0.05) is 0 Å². The fraction of sp³-hybridized carbons (Fsp3) is 0.625. The summed E-state index contributed by atoms with van der Waals surface area (Å²) in [6.45, 7) is 7.85. The molecule has 0 aliphatic rings. The molecule has 0 aliphatic carbocycles. The fourth-order valence-corrected chi connectivity index (χ4v) is 0.573. The van der Waals surface area contributed by atoms with Crippen molar-refractivity contribution < 1.29 is 19.1 Å². The van der Waals surface area contributed by atoms with Crippen molar-refractivity contribution in [2.45, 2.75) is 33.0 Å². The topological polar surface area (TPSA) is 52.6 Å². The number of carbonyl (C=O) groups excluding carboxylic acids is 2. The highest BCUT2D eigenvalue weighted by molar-refractivity contribution is 5.80. The molecule has 0 aliphatic heterocycles. The zero-order valence-electron chi connectivity index (χ0n) is 7.49. The van der Waals surface area contributed by atoms with Crippen molar-refractivity contribution in [3.8, 4) is 0 Å². The van der Waals surface area contributed by atoms with Gasteiger partial charge in [0.2, 0.25) is 0 Å². The summed E-state index contributed by atoms with van der Waals surface area (Å²) in [6, 6.07) is 0. The molecule has 69 valence electrons. The number of esters is 2. The summed E-state index contributed by atoms with van der Waals surface area (Å²) >= 11 is 0. The third-order valence-corrected chi connectivity index (χ3v) is 0.992. The minimum Gasteiger partial charge on any atom is -0.460 e. The van der Waals surface area contributed by atoms with Crippen LogP contribution in [0.5, 0.6) is 0 Å². The van der Waals surface area contributed by atoms with Crippen LogP contribution in [0.3, 0.4) is 0 Å². The predicted molar refractivity (Wildman–Crippen MR) is 42.1 cm³/mol. The smallest absolute Gasteiger partial charge is 0.347 e. The van der Waals surface area contributed by atoms with Gasteiger partial charge in [-0.1, -0.05) is 0 Å². The number of ether oxygens (including phenoxy) is 2. The van der Waals surface area contributed by atoms with Crippen LogP contribution < -0.4 is 0 Å². The molecule has 0 saturated heterocycles. The van der Waals surface area contributed by atoms with Gasteiger partial charge >= 0.3 is 11.9 Å². The molecule has 0 aromatic heterocycles. The van der Waals surface area contributed by atoms with E-state index in [2.05, 4.69) is 11.7 Å². The third-order valence-electron chi connectivity index (χ3n) is 0.992. The van der Waals surface area contributed by atoms with E-state index in [4.69, 9.17) is 4.74 Å². The number of hydrogen-bond donors (Lipinski definition) is 0. The van der Waals surface area contributed by atoms with Gasteiger partial charge in [-0.25, -0.2) is 4.79 Å². The molecule has 0 aromatic rings. The lowest BCUT2D eigenvalue weighted by atomic mass is 10.4. The summed E-state index contributed by atoms with van der Waals surface area (Å²) in [5, 5.41) is 0. The molecule has 0 rings (SSSR count). The summed E-state index contributed by atoms with van der Waals surface area (Å²) in [5.41, 5.74) is 0. The Morgan fingerprint density at radius 2 is 1.67 bits per heavy atom. The van der Waals surface area contributed by atoms with Crippen LogP contribution in [0.25, 0.3) is 0 Å². The minimum absolute atomic E-state index is 0.205. The summed E-state index contributed by atoms with van der Waals surface area (Å²) in [7, 11) is 0. The maximum atomic E-state index is 11.0. The molecular formula is C8H13O4. The van der Waals surface area contributed by atoms with E-state index in [1.165, 1.54) is 6.92 Å². The fourth-order valence-electron chi connectivity index (χ4n) is 0.573. The average molecular weight is 173 g/mol. The Balaban J connectivity index is 3.85. The molecule has 0 aromatic carbocycles. The highest BCUT2D eigenvalue weighted by atomic mass is 16.6. The third kappa shape index (κ3) is 4.71. The SMILES string of the molecule is [CH2]C(=O)OC(C)C(=O)OC(C)C. The molecule has 12 heavy (non-hydrogen) atoms. The van der Waals surface area contributed by atoms with Gasteiger partial charge in [0.1, 0.15) is 0 Å². The molecule has 4 nitrogen and oxygen atoms in total. The van der Waals surface area contributed by atoms with Crippen molar-refractivity contribution in [2.75, 3.05) is 0 Å². The molecule has 0 spiro atoms. The average Bonchev–Trinajstić information content (AvgIpc) is 1.84. The second-order valence-corrected chi connectivity index (χ2v) is 2.62. The molecule has 0 heterocycles. The van der Waals surface area contributed by atoms with E-state index in [1.54, 1.807) is 13.8 Å². The molecule has 1 radical (unpaired) electrons. The van der Waals surface area contributed by atoms with Gasteiger partial charge in [-0.15, -0.1) is 0 Å². The van der Waals surface area contributed by atoms with E-state index in [-0.39, 0.29) is 6.10 Å². The molecule has 1 atom stereocenters. The second kappa shape index (κ2) is 4.74. The van der Waals surface area contributed by atoms with E-state index in [9.17, 15) is 9.59 Å². The molecule has 0 bridgehead atoms. The van der Waals surface area contributed by atoms with Crippen LogP contribution >= 0.6 is 0 Å². The Hall–Kier alpha value is -1.06. The van der Waals surface area contributed by atoms with Crippen LogP contribution in [0.2, 0.25) is 0 Å². The first-order chi connectivity index (χ1) is 5.43. The number of hydrogen-bond acceptors (Lipinski definition) is 4. The van der Waals surface area contributed by atoms with Gasteiger partial charge < -0.3 is 9.47 Å². The zero-order chi connectivity index (χ0) is 9.72. The lowest BCUT2D eigenvalue weighted by molar-refractivity contribution is -0.166. The van der Waals surface area contributed by atoms with E-state index < -0.39 is 18.0 Å². The molecule has 0 N–H and O–H groups in total. The second-order valence-electron chi connectivity index (χ2n) is 2.62. The van der Waals surface area contributed by atoms with Gasteiger partial charge in [0.05, 0.1) is 13.0 Å². The molecular weight excluding hydrogens is 160 g/mol. The highest BCUT2D eigenvalue weighted by Crippen LogP contribution is 1.98. The molecule has 1 unspecified atom stereocenters. The maximum Gasteiger partial charge on any atom is 0.347 e.